The van der Waals surface area contributed by atoms with Gasteiger partial charge in [-0.3, -0.25) is 4.79 Å². The van der Waals surface area contributed by atoms with Crippen LogP contribution in [0.2, 0.25) is 0 Å². The normalized spacial score (nSPS) is 17.8. The Balaban J connectivity index is 1.52. The number of nitrogens with zero attached hydrogens (tertiary/aromatic N) is 2. The molecule has 0 radical (unpaired) electrons. The zero-order valence-corrected chi connectivity index (χ0v) is 25.5. The monoisotopic (exact) mass is 532 g/mol. The predicted molar refractivity (Wildman–Crippen MR) is 167 cm³/mol. The molecule has 1 aliphatic rings. The zero-order valence-electron chi connectivity index (χ0n) is 25.5. The molecule has 0 bridgehead atoms. The van der Waals surface area contributed by atoms with E-state index in [0.717, 1.165) is 46.8 Å². The van der Waals surface area contributed by atoms with Gasteiger partial charge in [-0.05, 0) is 114 Å². The summed E-state index contributed by atoms with van der Waals surface area (Å²) in [6.45, 7) is 18.6. The average molecular weight is 533 g/mol. The first-order valence-corrected chi connectivity index (χ1v) is 14.2. The Kier molecular flexibility index (Phi) is 7.32. The van der Waals surface area contributed by atoms with E-state index < -0.39 is 0 Å². The summed E-state index contributed by atoms with van der Waals surface area (Å²) in [5.74, 6) is 0.165. The summed E-state index contributed by atoms with van der Waals surface area (Å²) < 4.78 is 4.62. The van der Waals surface area contributed by atoms with Gasteiger partial charge in [-0.1, -0.05) is 35.4 Å². The van der Waals surface area contributed by atoms with Crippen molar-refractivity contribution in [2.75, 3.05) is 20.1 Å². The number of likely N-dealkylation sites (tertiary alicyclic amines) is 1. The van der Waals surface area contributed by atoms with Gasteiger partial charge < -0.3 is 14.0 Å². The van der Waals surface area contributed by atoms with Crippen LogP contribution in [0.5, 0.6) is 0 Å². The lowest BCUT2D eigenvalue weighted by atomic mass is 9.94. The minimum atomic E-state index is 0.165. The number of hydrogen-bond donors (Lipinski definition) is 1. The summed E-state index contributed by atoms with van der Waals surface area (Å²) in [6.07, 6.45) is 4.25. The standard InChI is InChI=1S/C36H41N3O/c1-22-10-12-34(24(3)14-22)38-26(5)16-30(28(38)7)18-32-20-37(9)21-33(36(32)40)19-31-17-27(6)39(29(31)8)35-13-11-23(2)15-25(35)4/h10-19H,20-21H2,1-9H3/p+1/b32-18-,33-19+. The minimum absolute atomic E-state index is 0.165. The van der Waals surface area contributed by atoms with Gasteiger partial charge >= 0.3 is 0 Å². The van der Waals surface area contributed by atoms with Crippen LogP contribution < -0.4 is 4.90 Å². The summed E-state index contributed by atoms with van der Waals surface area (Å²) in [7, 11) is 2.17. The number of piperidine rings is 1. The number of carbonyl (C=O) groups excluding carboxylic acids is 1. The number of Topliss-reactive ketones (excluding diaryl/α,β-unsaturated/α-hetero) is 1. The van der Waals surface area contributed by atoms with Gasteiger partial charge in [0.25, 0.3) is 0 Å². The highest BCUT2D eigenvalue weighted by atomic mass is 16.1. The van der Waals surface area contributed by atoms with Crippen molar-refractivity contribution in [1.29, 1.82) is 0 Å². The molecule has 2 aromatic heterocycles. The molecule has 206 valence electrons. The summed E-state index contributed by atoms with van der Waals surface area (Å²) in [5, 5.41) is 0. The number of benzene rings is 2. The van der Waals surface area contributed by atoms with Crippen LogP contribution in [0.3, 0.4) is 0 Å². The number of aryl methyl sites for hydroxylation is 6. The third kappa shape index (κ3) is 5.04. The lowest BCUT2D eigenvalue weighted by Gasteiger charge is -2.23. The van der Waals surface area contributed by atoms with Crippen LogP contribution in [0.4, 0.5) is 0 Å². The van der Waals surface area contributed by atoms with Crippen molar-refractivity contribution >= 4 is 17.9 Å². The number of aromatic nitrogens is 2. The van der Waals surface area contributed by atoms with E-state index >= 15 is 0 Å². The van der Waals surface area contributed by atoms with Gasteiger partial charge in [0.2, 0.25) is 0 Å². The Morgan fingerprint density at radius 1 is 0.625 bits per heavy atom. The molecular formula is C36H42N3O+. The van der Waals surface area contributed by atoms with E-state index in [0.29, 0.717) is 0 Å². The number of ketones is 1. The molecule has 1 unspecified atom stereocenters. The van der Waals surface area contributed by atoms with Gasteiger partial charge in [0.1, 0.15) is 13.1 Å². The Morgan fingerprint density at radius 2 is 1.02 bits per heavy atom. The van der Waals surface area contributed by atoms with Crippen molar-refractivity contribution in [2.24, 2.45) is 0 Å². The fourth-order valence-electron chi connectivity index (χ4n) is 6.41. The Morgan fingerprint density at radius 3 is 1.40 bits per heavy atom. The van der Waals surface area contributed by atoms with E-state index in [1.165, 1.54) is 49.9 Å². The maximum Gasteiger partial charge on any atom is 0.196 e. The first-order valence-electron chi connectivity index (χ1n) is 14.2. The first-order chi connectivity index (χ1) is 18.9. The van der Waals surface area contributed by atoms with Gasteiger partial charge in [-0.2, -0.15) is 0 Å². The van der Waals surface area contributed by atoms with Crippen molar-refractivity contribution in [3.05, 3.63) is 116 Å². The highest BCUT2D eigenvalue weighted by Gasteiger charge is 2.28. The molecule has 4 nitrogen and oxygen atoms in total. The van der Waals surface area contributed by atoms with E-state index in [9.17, 15) is 4.79 Å². The Bertz CT molecular complexity index is 1580. The fourth-order valence-corrected chi connectivity index (χ4v) is 6.41. The molecule has 40 heavy (non-hydrogen) atoms. The molecule has 2 aromatic carbocycles. The SMILES string of the molecule is Cc1ccc(-n2c(C)cc(/C=C3/C[NH+](C)C/C(=C\c4cc(C)n(-c5ccc(C)cc5C)c4C)C3=O)c2C)c(C)c1. The smallest absolute Gasteiger partial charge is 0.196 e. The second-order valence-corrected chi connectivity index (χ2v) is 11.9. The van der Waals surface area contributed by atoms with Gasteiger partial charge in [-0.25, -0.2) is 0 Å². The summed E-state index contributed by atoms with van der Waals surface area (Å²) >= 11 is 0. The Hall–Kier alpha value is -3.89. The molecule has 1 fully saturated rings. The van der Waals surface area contributed by atoms with E-state index in [-0.39, 0.29) is 5.78 Å². The van der Waals surface area contributed by atoms with Crippen molar-refractivity contribution in [3.8, 4) is 11.4 Å². The number of carbonyl (C=O) groups is 1. The molecule has 1 N–H and O–H groups in total. The minimum Gasteiger partial charge on any atom is -0.330 e. The van der Waals surface area contributed by atoms with Crippen LogP contribution in [0.1, 0.15) is 56.2 Å². The Labute approximate surface area is 239 Å². The van der Waals surface area contributed by atoms with E-state index in [4.69, 9.17) is 0 Å². The van der Waals surface area contributed by atoms with E-state index in [1.807, 2.05) is 0 Å². The molecule has 5 rings (SSSR count). The molecule has 0 aliphatic carbocycles. The van der Waals surface area contributed by atoms with Crippen LogP contribution in [-0.2, 0) is 4.79 Å². The van der Waals surface area contributed by atoms with Crippen molar-refractivity contribution in [2.45, 2.75) is 55.4 Å². The molecule has 1 aliphatic heterocycles. The molecule has 0 amide bonds. The number of hydrogen-bond acceptors (Lipinski definition) is 1. The molecule has 4 aromatic rings. The number of quaternary nitrogens is 1. The molecular weight excluding hydrogens is 490 g/mol. The zero-order chi connectivity index (χ0) is 28.9. The first kappa shape index (κ1) is 27.7. The number of likely N-dealkylation sites (N-methyl/N-ethyl adjacent to an activating group) is 1. The van der Waals surface area contributed by atoms with Gasteiger partial charge in [0.05, 0.1) is 18.2 Å². The van der Waals surface area contributed by atoms with Crippen LogP contribution in [0, 0.1) is 55.4 Å². The summed E-state index contributed by atoms with van der Waals surface area (Å²) in [6, 6.07) is 17.6. The second-order valence-electron chi connectivity index (χ2n) is 11.9. The third-order valence-electron chi connectivity index (χ3n) is 8.35. The highest BCUT2D eigenvalue weighted by molar-refractivity contribution is 6.14. The van der Waals surface area contributed by atoms with Gasteiger partial charge in [0, 0.05) is 34.2 Å². The van der Waals surface area contributed by atoms with Crippen LogP contribution in [-0.4, -0.2) is 35.1 Å². The summed E-state index contributed by atoms with van der Waals surface area (Å²) in [5.41, 5.74) is 16.1. The molecule has 0 saturated carbocycles. The van der Waals surface area contributed by atoms with Crippen LogP contribution in [0.15, 0.2) is 59.7 Å². The number of nitrogens with one attached hydrogen (secondary N) is 1. The van der Waals surface area contributed by atoms with E-state index in [1.54, 1.807) is 0 Å². The van der Waals surface area contributed by atoms with Crippen molar-refractivity contribution < 1.29 is 9.69 Å². The van der Waals surface area contributed by atoms with Crippen molar-refractivity contribution in [1.82, 2.24) is 9.13 Å². The second kappa shape index (κ2) is 10.6. The molecule has 1 atom stereocenters. The van der Waals surface area contributed by atoms with Gasteiger partial charge in [-0.15, -0.1) is 0 Å². The maximum absolute atomic E-state index is 13.8. The van der Waals surface area contributed by atoms with Crippen LogP contribution >= 0.6 is 0 Å². The topological polar surface area (TPSA) is 31.4 Å². The quantitative estimate of drug-likeness (QED) is 0.307. The maximum atomic E-state index is 13.8. The lowest BCUT2D eigenvalue weighted by molar-refractivity contribution is -0.870. The molecule has 3 heterocycles. The third-order valence-corrected chi connectivity index (χ3v) is 8.35. The molecule has 0 spiro atoms. The van der Waals surface area contributed by atoms with Crippen molar-refractivity contribution in [3.63, 3.8) is 0 Å². The number of rotatable bonds is 4. The van der Waals surface area contributed by atoms with Gasteiger partial charge in [0.15, 0.2) is 5.78 Å². The molecule has 1 saturated heterocycles. The summed E-state index contributed by atoms with van der Waals surface area (Å²) in [4.78, 5) is 15.2. The van der Waals surface area contributed by atoms with Crippen LogP contribution in [0.25, 0.3) is 23.5 Å². The molecule has 4 heteroatoms. The van der Waals surface area contributed by atoms with E-state index in [2.05, 4.69) is 132 Å². The fraction of sp³-hybridized carbons (Fsp3) is 0.306. The lowest BCUT2D eigenvalue weighted by Crippen LogP contribution is -3.10. The largest absolute Gasteiger partial charge is 0.330 e. The highest BCUT2D eigenvalue weighted by Crippen LogP contribution is 2.28. The average Bonchev–Trinajstić information content (AvgIpc) is 3.30. The predicted octanol–water partition coefficient (Wildman–Crippen LogP) is 6.30.